The molecule has 0 spiro atoms. The first-order valence-electron chi connectivity index (χ1n) is 12.4. The Balaban J connectivity index is 0.00000117. The van der Waals surface area contributed by atoms with Gasteiger partial charge < -0.3 is 10.2 Å². The summed E-state index contributed by atoms with van der Waals surface area (Å²) in [5.74, 6) is 5.37. The largest absolute Gasteiger partial charge is 0.481 e. The number of hydrogen-bond acceptors (Lipinski definition) is 2. The Labute approximate surface area is 179 Å². The molecular formula is C26H46O3. The molecule has 2 N–H and O–H groups in total. The van der Waals surface area contributed by atoms with Crippen molar-refractivity contribution in [3.63, 3.8) is 0 Å². The molecule has 0 amide bonds. The topological polar surface area (TPSA) is 57.5 Å². The molecule has 4 fully saturated rings. The number of carbonyl (C=O) groups is 1. The number of aliphatic hydroxyl groups is 1. The summed E-state index contributed by atoms with van der Waals surface area (Å²) in [7, 11) is 1.00. The van der Waals surface area contributed by atoms with Crippen LogP contribution in [-0.4, -0.2) is 23.3 Å². The van der Waals surface area contributed by atoms with Crippen LogP contribution in [0.1, 0.15) is 98.3 Å². The molecule has 0 aliphatic heterocycles. The molecule has 4 rings (SSSR count). The van der Waals surface area contributed by atoms with E-state index in [0.29, 0.717) is 23.2 Å². The van der Waals surface area contributed by atoms with Gasteiger partial charge in [-0.25, -0.2) is 0 Å². The maximum absolute atomic E-state index is 11.1. The van der Waals surface area contributed by atoms with Crippen LogP contribution in [0.4, 0.5) is 0 Å². The predicted molar refractivity (Wildman–Crippen MR) is 119 cm³/mol. The van der Waals surface area contributed by atoms with E-state index in [1.165, 1.54) is 57.8 Å². The minimum absolute atomic E-state index is 0.348. The third-order valence-electron chi connectivity index (χ3n) is 10.5. The van der Waals surface area contributed by atoms with Crippen molar-refractivity contribution in [3.8, 4) is 0 Å². The van der Waals surface area contributed by atoms with Crippen LogP contribution in [0.25, 0.3) is 0 Å². The van der Waals surface area contributed by atoms with Crippen molar-refractivity contribution in [3.05, 3.63) is 0 Å². The minimum atomic E-state index is -0.623. The lowest BCUT2D eigenvalue weighted by Crippen LogP contribution is -2.55. The summed E-state index contributed by atoms with van der Waals surface area (Å²) >= 11 is 0. The Morgan fingerprint density at radius 3 is 2.34 bits per heavy atom. The fraction of sp³-hybridized carbons (Fsp3) is 0.962. The lowest BCUT2D eigenvalue weighted by molar-refractivity contribution is -0.139. The lowest BCUT2D eigenvalue weighted by Gasteiger charge is -2.62. The quantitative estimate of drug-likeness (QED) is 0.568. The highest BCUT2D eigenvalue weighted by molar-refractivity contribution is 5.66. The van der Waals surface area contributed by atoms with Gasteiger partial charge in [-0.2, -0.15) is 0 Å². The molecule has 4 aliphatic carbocycles. The number of rotatable bonds is 4. The van der Waals surface area contributed by atoms with E-state index >= 15 is 0 Å². The molecule has 7 unspecified atom stereocenters. The second-order valence-electron chi connectivity index (χ2n) is 11.6. The van der Waals surface area contributed by atoms with Gasteiger partial charge in [0.1, 0.15) is 0 Å². The lowest BCUT2D eigenvalue weighted by atomic mass is 9.43. The number of aliphatic carboxylic acids is 1. The van der Waals surface area contributed by atoms with Crippen LogP contribution in [0.5, 0.6) is 0 Å². The first-order valence-corrected chi connectivity index (χ1v) is 12.4. The van der Waals surface area contributed by atoms with E-state index in [0.717, 1.165) is 49.0 Å². The second-order valence-corrected chi connectivity index (χ2v) is 11.6. The molecular weight excluding hydrogens is 360 g/mol. The summed E-state index contributed by atoms with van der Waals surface area (Å²) in [5.41, 5.74) is 1.07. The highest BCUT2D eigenvalue weighted by atomic mass is 16.4. The fourth-order valence-electron chi connectivity index (χ4n) is 9.34. The molecule has 0 aromatic heterocycles. The Morgan fingerprint density at radius 2 is 1.66 bits per heavy atom. The van der Waals surface area contributed by atoms with Gasteiger partial charge in [0.15, 0.2) is 0 Å². The van der Waals surface area contributed by atoms with Crippen LogP contribution >= 0.6 is 0 Å². The van der Waals surface area contributed by atoms with Gasteiger partial charge in [0.25, 0.3) is 0 Å². The Bertz CT molecular complexity index is 574. The number of fused-ring (bicyclic) bond motifs is 5. The molecule has 0 aromatic rings. The van der Waals surface area contributed by atoms with Gasteiger partial charge in [-0.15, -0.1) is 0 Å². The Morgan fingerprint density at radius 1 is 0.966 bits per heavy atom. The molecule has 4 aliphatic rings. The zero-order valence-corrected chi connectivity index (χ0v) is 19.6. The summed E-state index contributed by atoms with van der Waals surface area (Å²) in [6.45, 7) is 10.2. The van der Waals surface area contributed by atoms with Crippen molar-refractivity contribution in [2.75, 3.05) is 7.11 Å². The SMILES string of the molecule is CC(CCC(=O)O)C1CCC2C3C[C@H](C)C4CCCCC4(C)[C@H]3CCC12C.CO. The molecule has 3 heteroatoms. The van der Waals surface area contributed by atoms with Gasteiger partial charge >= 0.3 is 5.97 Å². The third-order valence-corrected chi connectivity index (χ3v) is 10.5. The van der Waals surface area contributed by atoms with E-state index in [9.17, 15) is 4.79 Å². The molecule has 29 heavy (non-hydrogen) atoms. The first kappa shape index (κ1) is 23.1. The molecule has 0 aromatic carbocycles. The van der Waals surface area contributed by atoms with Crippen molar-refractivity contribution >= 4 is 5.97 Å². The van der Waals surface area contributed by atoms with E-state index in [4.69, 9.17) is 10.2 Å². The van der Waals surface area contributed by atoms with Crippen LogP contribution in [0, 0.1) is 52.3 Å². The average molecular weight is 407 g/mol. The fourth-order valence-corrected chi connectivity index (χ4v) is 9.34. The maximum Gasteiger partial charge on any atom is 0.303 e. The van der Waals surface area contributed by atoms with Crippen LogP contribution in [-0.2, 0) is 4.79 Å². The summed E-state index contributed by atoms with van der Waals surface area (Å²) in [5, 5.41) is 16.1. The van der Waals surface area contributed by atoms with Gasteiger partial charge in [-0.3, -0.25) is 4.79 Å². The molecule has 0 heterocycles. The molecule has 4 saturated carbocycles. The van der Waals surface area contributed by atoms with E-state index in [1.54, 1.807) is 0 Å². The smallest absolute Gasteiger partial charge is 0.303 e. The van der Waals surface area contributed by atoms with Crippen LogP contribution < -0.4 is 0 Å². The molecule has 0 bridgehead atoms. The molecule has 0 radical (unpaired) electrons. The average Bonchev–Trinajstić information content (AvgIpc) is 3.05. The van der Waals surface area contributed by atoms with Crippen molar-refractivity contribution in [2.45, 2.75) is 98.3 Å². The Hall–Kier alpha value is -0.570. The zero-order chi connectivity index (χ0) is 21.4. The van der Waals surface area contributed by atoms with Gasteiger partial charge in [-0.1, -0.05) is 40.5 Å². The number of aliphatic hydroxyl groups excluding tert-OH is 1. The molecule has 0 saturated heterocycles. The summed E-state index contributed by atoms with van der Waals surface area (Å²) in [6, 6.07) is 0. The van der Waals surface area contributed by atoms with Gasteiger partial charge in [0.2, 0.25) is 0 Å². The van der Waals surface area contributed by atoms with Gasteiger partial charge in [-0.05, 0) is 104 Å². The number of carboxylic acids is 1. The summed E-state index contributed by atoms with van der Waals surface area (Å²) < 4.78 is 0. The summed E-state index contributed by atoms with van der Waals surface area (Å²) in [6.07, 6.45) is 14.2. The van der Waals surface area contributed by atoms with E-state index in [-0.39, 0.29) is 0 Å². The van der Waals surface area contributed by atoms with Gasteiger partial charge in [0.05, 0.1) is 0 Å². The maximum atomic E-state index is 11.1. The standard InChI is InChI=1S/C25H42O2.CH4O/c1-16(8-11-23(26)27)20-9-10-21-18-15-17(2)19-7-5-6-13-24(19,3)22(18)12-14-25(20,21)4;1-2/h16-22H,5-15H2,1-4H3,(H,26,27);2H,1H3/t16?,17-,18?,19?,20?,21?,22-,24?,25?;/m0./s1. The number of carboxylic acid groups (broad SMARTS) is 1. The summed E-state index contributed by atoms with van der Waals surface area (Å²) in [4.78, 5) is 11.1. The Kier molecular flexibility index (Phi) is 7.08. The van der Waals surface area contributed by atoms with Crippen LogP contribution in [0.15, 0.2) is 0 Å². The monoisotopic (exact) mass is 406 g/mol. The van der Waals surface area contributed by atoms with E-state index < -0.39 is 5.97 Å². The second kappa shape index (κ2) is 8.89. The van der Waals surface area contributed by atoms with E-state index in [1.807, 2.05) is 0 Å². The van der Waals surface area contributed by atoms with Crippen molar-refractivity contribution in [2.24, 2.45) is 52.3 Å². The predicted octanol–water partition coefficient (Wildman–Crippen LogP) is 6.39. The number of hydrogen-bond donors (Lipinski definition) is 2. The molecule has 168 valence electrons. The van der Waals surface area contributed by atoms with Crippen molar-refractivity contribution in [1.29, 1.82) is 0 Å². The van der Waals surface area contributed by atoms with Crippen LogP contribution in [0.3, 0.4) is 0 Å². The zero-order valence-electron chi connectivity index (χ0n) is 19.6. The highest BCUT2D eigenvalue weighted by Crippen LogP contribution is 2.69. The highest BCUT2D eigenvalue weighted by Gasteiger charge is 2.61. The molecule has 3 nitrogen and oxygen atoms in total. The minimum Gasteiger partial charge on any atom is -0.481 e. The third kappa shape index (κ3) is 3.90. The van der Waals surface area contributed by atoms with E-state index in [2.05, 4.69) is 27.7 Å². The normalized spacial score (nSPS) is 47.1. The van der Waals surface area contributed by atoms with Crippen LogP contribution in [0.2, 0.25) is 0 Å². The van der Waals surface area contributed by atoms with Gasteiger partial charge in [0, 0.05) is 13.5 Å². The van der Waals surface area contributed by atoms with Crippen molar-refractivity contribution < 1.29 is 15.0 Å². The van der Waals surface area contributed by atoms with Crippen molar-refractivity contribution in [1.82, 2.24) is 0 Å². The first-order chi connectivity index (χ1) is 13.8. The molecule has 9 atom stereocenters.